The van der Waals surface area contributed by atoms with Gasteiger partial charge in [0.1, 0.15) is 5.69 Å². The average Bonchev–Trinajstić information content (AvgIpc) is 3.16. The number of aromatic nitrogens is 4. The molecule has 3 heterocycles. The van der Waals surface area contributed by atoms with Gasteiger partial charge in [-0.15, -0.1) is 0 Å². The molecule has 2 N–H and O–H groups in total. The molecule has 0 saturated heterocycles. The number of hydrogen-bond donors (Lipinski definition) is 2. The molecule has 8 nitrogen and oxygen atoms in total. The van der Waals surface area contributed by atoms with Gasteiger partial charge in [-0.1, -0.05) is 23.4 Å². The average molecular weight is 347 g/mol. The van der Waals surface area contributed by atoms with Gasteiger partial charge in [0, 0.05) is 29.4 Å². The summed E-state index contributed by atoms with van der Waals surface area (Å²) in [4.78, 5) is 28.3. The Kier molecular flexibility index (Phi) is 3.98. The van der Waals surface area contributed by atoms with Crippen molar-refractivity contribution in [2.75, 3.05) is 0 Å². The highest BCUT2D eigenvalue weighted by molar-refractivity contribution is 6.04. The maximum atomic E-state index is 12.5. The van der Waals surface area contributed by atoms with E-state index in [4.69, 9.17) is 4.52 Å². The number of nitrogens with zero attached hydrogens (tertiary/aromatic N) is 3. The summed E-state index contributed by atoms with van der Waals surface area (Å²) in [6, 6.07) is 12.2. The number of amides is 1. The number of fused-ring (bicyclic) bond motifs is 1. The summed E-state index contributed by atoms with van der Waals surface area (Å²) in [5.74, 6) is 0.0720. The van der Waals surface area contributed by atoms with E-state index in [1.807, 2.05) is 6.07 Å². The highest BCUT2D eigenvalue weighted by Crippen LogP contribution is 2.18. The number of carbonyl (C=O) groups excluding carboxylic acids is 1. The van der Waals surface area contributed by atoms with Crippen LogP contribution < -0.4 is 10.9 Å². The first-order chi connectivity index (χ1) is 12.7. The predicted molar refractivity (Wildman–Crippen MR) is 93.3 cm³/mol. The number of pyridine rings is 1. The van der Waals surface area contributed by atoms with Crippen molar-refractivity contribution in [1.82, 2.24) is 25.7 Å². The zero-order valence-corrected chi connectivity index (χ0v) is 13.5. The molecule has 4 rings (SSSR count). The van der Waals surface area contributed by atoms with Gasteiger partial charge in [-0.2, -0.15) is 5.10 Å². The van der Waals surface area contributed by atoms with Gasteiger partial charge in [-0.05, 0) is 18.2 Å². The molecule has 3 aromatic heterocycles. The third-order valence-electron chi connectivity index (χ3n) is 3.85. The molecule has 0 aliphatic carbocycles. The van der Waals surface area contributed by atoms with Crippen LogP contribution in [-0.2, 0) is 6.54 Å². The zero-order chi connectivity index (χ0) is 17.9. The van der Waals surface area contributed by atoms with Crippen molar-refractivity contribution in [3.05, 3.63) is 76.7 Å². The Morgan fingerprint density at radius 2 is 2.00 bits per heavy atom. The van der Waals surface area contributed by atoms with E-state index in [1.165, 1.54) is 0 Å². The molecule has 4 aromatic rings. The van der Waals surface area contributed by atoms with Crippen molar-refractivity contribution in [2.45, 2.75) is 6.54 Å². The Morgan fingerprint density at radius 3 is 2.81 bits per heavy atom. The number of nitrogens with one attached hydrogen (secondary N) is 2. The first kappa shape index (κ1) is 15.7. The van der Waals surface area contributed by atoms with Gasteiger partial charge < -0.3 is 9.84 Å². The summed E-state index contributed by atoms with van der Waals surface area (Å²) < 4.78 is 5.24. The quantitative estimate of drug-likeness (QED) is 0.583. The van der Waals surface area contributed by atoms with Crippen LogP contribution in [0.15, 0.2) is 64.2 Å². The molecule has 0 bridgehead atoms. The minimum atomic E-state index is -0.420. The maximum Gasteiger partial charge on any atom is 0.272 e. The lowest BCUT2D eigenvalue weighted by Crippen LogP contribution is -2.26. The second-order valence-electron chi connectivity index (χ2n) is 5.55. The van der Waals surface area contributed by atoms with Crippen LogP contribution in [-0.4, -0.2) is 26.2 Å². The number of hydrogen-bond acceptors (Lipinski definition) is 6. The van der Waals surface area contributed by atoms with Crippen LogP contribution in [0.3, 0.4) is 0 Å². The first-order valence-electron chi connectivity index (χ1n) is 7.84. The molecule has 0 aliphatic heterocycles. The predicted octanol–water partition coefficient (Wildman–Crippen LogP) is 1.90. The van der Waals surface area contributed by atoms with Crippen LogP contribution in [0, 0.1) is 0 Å². The standard InChI is InChI=1S/C18H13N5O3/c24-17-14-6-2-1-5-13(14)16(21-22-17)18(25)20-10-12-8-15(23-26-12)11-4-3-7-19-9-11/h1-9H,10H2,(H,20,25)(H,22,24). The van der Waals surface area contributed by atoms with E-state index in [0.717, 1.165) is 5.56 Å². The van der Waals surface area contributed by atoms with Crippen LogP contribution in [0.2, 0.25) is 0 Å². The van der Waals surface area contributed by atoms with Gasteiger partial charge in [0.15, 0.2) is 11.5 Å². The van der Waals surface area contributed by atoms with Crippen LogP contribution in [0.4, 0.5) is 0 Å². The number of carbonyl (C=O) groups is 1. The molecular weight excluding hydrogens is 334 g/mol. The fourth-order valence-electron chi connectivity index (χ4n) is 2.59. The van der Waals surface area contributed by atoms with Crippen LogP contribution in [0.1, 0.15) is 16.2 Å². The molecule has 26 heavy (non-hydrogen) atoms. The largest absolute Gasteiger partial charge is 0.359 e. The summed E-state index contributed by atoms with van der Waals surface area (Å²) in [5.41, 5.74) is 1.26. The van der Waals surface area contributed by atoms with Gasteiger partial charge in [0.25, 0.3) is 11.5 Å². The van der Waals surface area contributed by atoms with E-state index >= 15 is 0 Å². The Bertz CT molecular complexity index is 1130. The minimum absolute atomic E-state index is 0.140. The number of H-pyrrole nitrogens is 1. The highest BCUT2D eigenvalue weighted by atomic mass is 16.5. The smallest absolute Gasteiger partial charge is 0.272 e. The SMILES string of the molecule is O=C(NCc1cc(-c2cccnc2)no1)c1n[nH]c(=O)c2ccccc12. The molecule has 0 atom stereocenters. The molecule has 8 heteroatoms. The second-order valence-corrected chi connectivity index (χ2v) is 5.55. The van der Waals surface area contributed by atoms with Crippen molar-refractivity contribution in [3.8, 4) is 11.3 Å². The Hall–Kier alpha value is -3.81. The summed E-state index contributed by atoms with van der Waals surface area (Å²) in [7, 11) is 0. The van der Waals surface area contributed by atoms with E-state index in [1.54, 1.807) is 48.8 Å². The number of benzene rings is 1. The Balaban J connectivity index is 1.53. The lowest BCUT2D eigenvalue weighted by Gasteiger charge is -2.05. The monoisotopic (exact) mass is 347 g/mol. The van der Waals surface area contributed by atoms with Crippen molar-refractivity contribution in [2.24, 2.45) is 0 Å². The molecule has 0 unspecified atom stereocenters. The van der Waals surface area contributed by atoms with Crippen molar-refractivity contribution < 1.29 is 9.32 Å². The van der Waals surface area contributed by atoms with Crippen molar-refractivity contribution >= 4 is 16.7 Å². The highest BCUT2D eigenvalue weighted by Gasteiger charge is 2.15. The molecule has 0 saturated carbocycles. The fraction of sp³-hybridized carbons (Fsp3) is 0.0556. The van der Waals surface area contributed by atoms with Crippen LogP contribution >= 0.6 is 0 Å². The molecule has 1 aromatic carbocycles. The zero-order valence-electron chi connectivity index (χ0n) is 13.5. The lowest BCUT2D eigenvalue weighted by molar-refractivity contribution is 0.0943. The molecular formula is C18H13N5O3. The van der Waals surface area contributed by atoms with Gasteiger partial charge in [-0.25, -0.2) is 5.10 Å². The lowest BCUT2D eigenvalue weighted by atomic mass is 10.1. The Labute approximate surface area is 146 Å². The van der Waals surface area contributed by atoms with Crippen molar-refractivity contribution in [1.29, 1.82) is 0 Å². The Morgan fingerprint density at radius 1 is 1.15 bits per heavy atom. The van der Waals surface area contributed by atoms with Gasteiger partial charge in [-0.3, -0.25) is 14.6 Å². The normalized spacial score (nSPS) is 10.8. The summed E-state index contributed by atoms with van der Waals surface area (Å²) >= 11 is 0. The van der Waals surface area contributed by atoms with E-state index in [9.17, 15) is 9.59 Å². The number of rotatable bonds is 4. The summed E-state index contributed by atoms with van der Waals surface area (Å²) in [5, 5.41) is 13.8. The van der Waals surface area contributed by atoms with Crippen molar-refractivity contribution in [3.63, 3.8) is 0 Å². The summed E-state index contributed by atoms with van der Waals surface area (Å²) in [6.07, 6.45) is 3.35. The fourth-order valence-corrected chi connectivity index (χ4v) is 2.59. The van der Waals surface area contributed by atoms with E-state index in [-0.39, 0.29) is 17.8 Å². The van der Waals surface area contributed by atoms with Crippen LogP contribution in [0.5, 0.6) is 0 Å². The molecule has 0 aliphatic rings. The van der Waals surface area contributed by atoms with E-state index in [0.29, 0.717) is 22.2 Å². The minimum Gasteiger partial charge on any atom is -0.359 e. The molecule has 1 amide bonds. The van der Waals surface area contributed by atoms with E-state index < -0.39 is 5.91 Å². The van der Waals surface area contributed by atoms with Gasteiger partial charge in [0.2, 0.25) is 0 Å². The van der Waals surface area contributed by atoms with Crippen LogP contribution in [0.25, 0.3) is 22.0 Å². The van der Waals surface area contributed by atoms with Gasteiger partial charge in [0.05, 0.1) is 11.9 Å². The molecule has 0 fully saturated rings. The van der Waals surface area contributed by atoms with E-state index in [2.05, 4.69) is 25.7 Å². The third kappa shape index (κ3) is 2.95. The topological polar surface area (TPSA) is 114 Å². The number of aromatic amines is 1. The molecule has 0 radical (unpaired) electrons. The molecule has 128 valence electrons. The first-order valence-corrected chi connectivity index (χ1v) is 7.84. The third-order valence-corrected chi connectivity index (χ3v) is 3.85. The summed E-state index contributed by atoms with van der Waals surface area (Å²) in [6.45, 7) is 0.140. The van der Waals surface area contributed by atoms with Gasteiger partial charge >= 0.3 is 0 Å². The second kappa shape index (κ2) is 6.60. The molecule has 0 spiro atoms. The maximum absolute atomic E-state index is 12.5.